The number of benzene rings is 1. The van der Waals surface area contributed by atoms with E-state index in [0.29, 0.717) is 57.6 Å². The fraction of sp³-hybridized carbons (Fsp3) is 0.548. The van der Waals surface area contributed by atoms with Crippen LogP contribution in [0.2, 0.25) is 0 Å². The number of ether oxygens (including phenoxy) is 5. The Hall–Kier alpha value is -5.03. The molecule has 53 heavy (non-hydrogen) atoms. The van der Waals surface area contributed by atoms with Gasteiger partial charge in [0, 0.05) is 12.1 Å². The lowest BCUT2D eigenvalue weighted by atomic mass is 10.0. The van der Waals surface area contributed by atoms with Gasteiger partial charge in [-0.2, -0.15) is 13.2 Å². The number of nitrogens with one attached hydrogen (secondary N) is 2. The highest BCUT2D eigenvalue weighted by Gasteiger charge is 2.46. The lowest BCUT2D eigenvalue weighted by Gasteiger charge is -2.27. The van der Waals surface area contributed by atoms with E-state index in [2.05, 4.69) is 30.7 Å². The summed E-state index contributed by atoms with van der Waals surface area (Å²) in [4.78, 5) is 79.7. The van der Waals surface area contributed by atoms with E-state index in [0.717, 1.165) is 4.90 Å². The first-order chi connectivity index (χ1) is 25.5. The second-order valence-corrected chi connectivity index (χ2v) is 11.1. The Kier molecular flexibility index (Phi) is 15.6. The zero-order chi connectivity index (χ0) is 38.2. The quantitative estimate of drug-likeness (QED) is 0.0714. The molecule has 2 aliphatic heterocycles. The van der Waals surface area contributed by atoms with Gasteiger partial charge in [0.2, 0.25) is 11.8 Å². The van der Waals surface area contributed by atoms with Gasteiger partial charge >= 0.3 is 18.1 Å². The van der Waals surface area contributed by atoms with Crippen LogP contribution in [0.1, 0.15) is 45.7 Å². The first-order valence-electron chi connectivity index (χ1n) is 16.3. The summed E-state index contributed by atoms with van der Waals surface area (Å²) < 4.78 is 64.1. The number of fused-ring (bicyclic) bond motifs is 1. The van der Waals surface area contributed by atoms with Gasteiger partial charge in [0.15, 0.2) is 0 Å². The normalized spacial score (nSPS) is 15.8. The molecule has 290 valence electrons. The molecule has 2 N–H and O–H groups in total. The van der Waals surface area contributed by atoms with Crippen LogP contribution in [0.15, 0.2) is 24.4 Å². The minimum atomic E-state index is -5.27. The molecule has 1 aromatic heterocycles. The van der Waals surface area contributed by atoms with Crippen molar-refractivity contribution in [1.82, 2.24) is 25.2 Å². The Labute approximate surface area is 299 Å². The molecule has 0 spiro atoms. The fourth-order valence-electron chi connectivity index (χ4n) is 4.85. The first kappa shape index (κ1) is 40.7. The first-order valence-corrected chi connectivity index (χ1v) is 16.3. The number of hydrogen-bond acceptors (Lipinski definition) is 16. The average Bonchev–Trinajstić information content (AvgIpc) is 3.68. The number of imide groups is 2. The number of anilines is 1. The molecule has 1 fully saturated rings. The number of hydrogen-bond donors (Lipinski definition) is 2. The molecular formula is C31H37F3N6O13. The smallest absolute Gasteiger partial charge is 0.379 e. The summed E-state index contributed by atoms with van der Waals surface area (Å²) >= 11 is 0. The van der Waals surface area contributed by atoms with Crippen molar-refractivity contribution in [3.63, 3.8) is 0 Å². The van der Waals surface area contributed by atoms with E-state index in [1.54, 1.807) is 23.0 Å². The van der Waals surface area contributed by atoms with Crippen LogP contribution in [0.5, 0.6) is 0 Å². The Morgan fingerprint density at radius 3 is 2.09 bits per heavy atom. The highest BCUT2D eigenvalue weighted by molar-refractivity contribution is 6.25. The predicted octanol–water partition coefficient (Wildman–Crippen LogP) is 0.328. The topological polar surface area (TPSA) is 225 Å². The summed E-state index contributed by atoms with van der Waals surface area (Å²) in [6.07, 6.45) is -3.88. The molecule has 1 saturated heterocycles. The van der Waals surface area contributed by atoms with Crippen molar-refractivity contribution >= 4 is 41.3 Å². The maximum Gasteiger partial charge on any atom is 0.495 e. The van der Waals surface area contributed by atoms with E-state index in [1.807, 2.05) is 0 Å². The number of carbonyl (C=O) groups excluding carboxylic acids is 6. The Balaban J connectivity index is 0.978. The molecule has 1 unspecified atom stereocenters. The molecule has 2 aliphatic rings. The molecule has 0 aliphatic carbocycles. The molecule has 0 saturated carbocycles. The highest BCUT2D eigenvalue weighted by Crippen LogP contribution is 2.32. The van der Waals surface area contributed by atoms with Gasteiger partial charge in [-0.05, 0) is 18.6 Å². The summed E-state index contributed by atoms with van der Waals surface area (Å²) in [6.45, 7) is 2.97. The average molecular weight is 759 g/mol. The van der Waals surface area contributed by atoms with Crippen LogP contribution < -0.4 is 10.6 Å². The van der Waals surface area contributed by atoms with Crippen molar-refractivity contribution in [3.05, 3.63) is 41.2 Å². The number of aromatic nitrogens is 3. The van der Waals surface area contributed by atoms with Gasteiger partial charge in [0.1, 0.15) is 11.7 Å². The van der Waals surface area contributed by atoms with Crippen molar-refractivity contribution < 1.29 is 75.4 Å². The number of amides is 4. The van der Waals surface area contributed by atoms with E-state index in [9.17, 15) is 41.9 Å². The number of rotatable bonds is 22. The third kappa shape index (κ3) is 12.6. The van der Waals surface area contributed by atoms with Crippen LogP contribution in [-0.2, 0) is 65.7 Å². The lowest BCUT2D eigenvalue weighted by molar-refractivity contribution is -0.286. The molecule has 4 amide bonds. The van der Waals surface area contributed by atoms with Gasteiger partial charge < -0.3 is 29.0 Å². The van der Waals surface area contributed by atoms with Crippen LogP contribution in [0.3, 0.4) is 0 Å². The van der Waals surface area contributed by atoms with Crippen LogP contribution >= 0.6 is 0 Å². The summed E-state index contributed by atoms with van der Waals surface area (Å²) in [7, 11) is 0. The highest BCUT2D eigenvalue weighted by atomic mass is 19.4. The fourth-order valence-corrected chi connectivity index (χ4v) is 4.85. The van der Waals surface area contributed by atoms with E-state index < -0.39 is 54.2 Å². The summed E-state index contributed by atoms with van der Waals surface area (Å²) in [6, 6.07) is 3.74. The summed E-state index contributed by atoms with van der Waals surface area (Å²) in [5, 5.41) is 13.5. The Morgan fingerprint density at radius 2 is 1.47 bits per heavy atom. The summed E-state index contributed by atoms with van der Waals surface area (Å²) in [5.74, 6) is -6.16. The van der Waals surface area contributed by atoms with Gasteiger partial charge in [-0.25, -0.2) is 24.0 Å². The van der Waals surface area contributed by atoms with Crippen molar-refractivity contribution in [1.29, 1.82) is 0 Å². The zero-order valence-corrected chi connectivity index (χ0v) is 28.2. The van der Waals surface area contributed by atoms with Gasteiger partial charge in [0.25, 0.3) is 11.8 Å². The molecule has 1 aromatic carbocycles. The number of carbonyl (C=O) groups is 6. The largest absolute Gasteiger partial charge is 0.495 e. The molecule has 0 radical (unpaired) electrons. The number of halogens is 3. The van der Waals surface area contributed by atoms with Crippen molar-refractivity contribution in [2.75, 3.05) is 71.4 Å². The number of piperidine rings is 1. The molecule has 3 heterocycles. The Morgan fingerprint density at radius 1 is 0.849 bits per heavy atom. The maximum atomic E-state index is 13.2. The number of nitrogens with zero attached hydrogens (tertiary/aromatic N) is 4. The monoisotopic (exact) mass is 758 g/mol. The number of alkyl halides is 3. The van der Waals surface area contributed by atoms with E-state index in [-0.39, 0.29) is 56.9 Å². The predicted molar refractivity (Wildman–Crippen MR) is 167 cm³/mol. The van der Waals surface area contributed by atoms with Crippen LogP contribution in [-0.4, -0.2) is 134 Å². The van der Waals surface area contributed by atoms with Crippen LogP contribution in [0.4, 0.5) is 18.9 Å². The van der Waals surface area contributed by atoms with E-state index >= 15 is 0 Å². The van der Waals surface area contributed by atoms with Gasteiger partial charge in [-0.3, -0.25) is 29.4 Å². The van der Waals surface area contributed by atoms with Crippen molar-refractivity contribution in [2.24, 2.45) is 0 Å². The molecule has 22 heteroatoms. The molecule has 0 bridgehead atoms. The summed E-state index contributed by atoms with van der Waals surface area (Å²) in [5.41, 5.74) is 1.29. The van der Waals surface area contributed by atoms with E-state index in [1.165, 1.54) is 6.07 Å². The SMILES string of the molecule is O=C1CCC(N2C(=O)c3cccc(NCc4cn(CCOCCOCCOCCOCCOCCC(=O)OOC(=O)C(F)(F)F)nn4)c3C2=O)C(=O)N1. The standard InChI is InChI=1S/C31H37F3N6O13/c32-31(33,34)30(46)53-52-25(42)6-8-47-10-12-49-14-16-51-17-15-50-13-11-48-9-7-39-19-20(37-38-39)18-35-22-3-1-2-21-26(22)29(45)40(28(21)44)23-4-5-24(41)36-27(23)43/h1-3,19,23,35H,4-18H2,(H,36,41,43). The second-order valence-electron chi connectivity index (χ2n) is 11.1. The maximum absolute atomic E-state index is 13.2. The zero-order valence-electron chi connectivity index (χ0n) is 28.2. The van der Waals surface area contributed by atoms with Crippen molar-refractivity contribution in [2.45, 2.75) is 44.6 Å². The molecule has 4 rings (SSSR count). The second kappa shape index (κ2) is 20.3. The van der Waals surface area contributed by atoms with Crippen molar-refractivity contribution in [3.8, 4) is 0 Å². The minimum Gasteiger partial charge on any atom is -0.379 e. The van der Waals surface area contributed by atoms with Crippen LogP contribution in [0, 0.1) is 0 Å². The van der Waals surface area contributed by atoms with Gasteiger partial charge in [-0.1, -0.05) is 11.3 Å². The van der Waals surface area contributed by atoms with Gasteiger partial charge in [-0.15, -0.1) is 5.10 Å². The van der Waals surface area contributed by atoms with Gasteiger partial charge in [0.05, 0.1) is 103 Å². The molecule has 2 aromatic rings. The molecule has 19 nitrogen and oxygen atoms in total. The Bertz CT molecular complexity index is 1610. The third-order valence-electron chi connectivity index (χ3n) is 7.36. The minimum absolute atomic E-state index is 0.0315. The third-order valence-corrected chi connectivity index (χ3v) is 7.36. The molecule has 1 atom stereocenters. The van der Waals surface area contributed by atoms with E-state index in [4.69, 9.17) is 23.7 Å². The lowest BCUT2D eigenvalue weighted by Crippen LogP contribution is -2.54. The van der Waals surface area contributed by atoms with Crippen LogP contribution in [0.25, 0.3) is 0 Å². The molecular weight excluding hydrogens is 721 g/mol.